The monoisotopic (exact) mass is 279 g/mol. The van der Waals surface area contributed by atoms with Crippen molar-refractivity contribution in [3.8, 4) is 0 Å². The van der Waals surface area contributed by atoms with Crippen molar-refractivity contribution in [1.29, 1.82) is 0 Å². The standard InChI is InChI=1S/C14H21N3OS/c1-11-12(3-2-4-13(11)15)14(18)16-5-6-17-7-9-19-10-8-17/h2-4H,5-10,15H2,1H3,(H,16,18). The fraction of sp³-hybridized carbons (Fsp3) is 0.500. The van der Waals surface area contributed by atoms with Crippen LogP contribution in [0.4, 0.5) is 5.69 Å². The van der Waals surface area contributed by atoms with Gasteiger partial charge in [-0.1, -0.05) is 6.07 Å². The molecule has 1 aliphatic heterocycles. The van der Waals surface area contributed by atoms with Crippen molar-refractivity contribution in [3.05, 3.63) is 29.3 Å². The van der Waals surface area contributed by atoms with Gasteiger partial charge in [0, 0.05) is 48.9 Å². The molecule has 1 amide bonds. The smallest absolute Gasteiger partial charge is 0.251 e. The fourth-order valence-electron chi connectivity index (χ4n) is 2.15. The minimum atomic E-state index is -0.0313. The van der Waals surface area contributed by atoms with Gasteiger partial charge in [-0.15, -0.1) is 0 Å². The highest BCUT2D eigenvalue weighted by Gasteiger charge is 2.12. The van der Waals surface area contributed by atoms with Crippen LogP contribution in [0.2, 0.25) is 0 Å². The molecular weight excluding hydrogens is 258 g/mol. The molecule has 1 saturated heterocycles. The lowest BCUT2D eigenvalue weighted by molar-refractivity contribution is 0.0948. The van der Waals surface area contributed by atoms with Gasteiger partial charge in [0.25, 0.3) is 5.91 Å². The number of rotatable bonds is 4. The van der Waals surface area contributed by atoms with E-state index < -0.39 is 0 Å². The van der Waals surface area contributed by atoms with Crippen molar-refractivity contribution in [2.24, 2.45) is 0 Å². The molecule has 0 atom stereocenters. The Morgan fingerprint density at radius 1 is 1.42 bits per heavy atom. The second kappa shape index (κ2) is 6.82. The van der Waals surface area contributed by atoms with Crippen LogP contribution < -0.4 is 11.1 Å². The van der Waals surface area contributed by atoms with Crippen molar-refractivity contribution in [1.82, 2.24) is 10.2 Å². The second-order valence-electron chi connectivity index (χ2n) is 4.73. The van der Waals surface area contributed by atoms with Gasteiger partial charge in [0.1, 0.15) is 0 Å². The molecule has 0 spiro atoms. The first-order valence-electron chi connectivity index (χ1n) is 6.62. The molecule has 0 saturated carbocycles. The Labute approximate surface area is 118 Å². The van der Waals surface area contributed by atoms with Gasteiger partial charge in [-0.3, -0.25) is 9.69 Å². The molecule has 1 aromatic rings. The van der Waals surface area contributed by atoms with Crippen molar-refractivity contribution >= 4 is 23.4 Å². The predicted octanol–water partition coefficient (Wildman–Crippen LogP) is 1.36. The number of carbonyl (C=O) groups excluding carboxylic acids is 1. The summed E-state index contributed by atoms with van der Waals surface area (Å²) >= 11 is 2.00. The molecule has 1 fully saturated rings. The Morgan fingerprint density at radius 3 is 2.89 bits per heavy atom. The third-order valence-corrected chi connectivity index (χ3v) is 4.38. The zero-order chi connectivity index (χ0) is 13.7. The SMILES string of the molecule is Cc1c(N)cccc1C(=O)NCCN1CCSCC1. The van der Waals surface area contributed by atoms with Crippen LogP contribution in [0.5, 0.6) is 0 Å². The maximum Gasteiger partial charge on any atom is 0.251 e. The highest BCUT2D eigenvalue weighted by Crippen LogP contribution is 2.15. The number of thioether (sulfide) groups is 1. The van der Waals surface area contributed by atoms with Crippen LogP contribution in [-0.4, -0.2) is 48.5 Å². The van der Waals surface area contributed by atoms with Crippen LogP contribution in [0.25, 0.3) is 0 Å². The average Bonchev–Trinajstić information content (AvgIpc) is 2.43. The summed E-state index contributed by atoms with van der Waals surface area (Å²) < 4.78 is 0. The largest absolute Gasteiger partial charge is 0.398 e. The van der Waals surface area contributed by atoms with Crippen molar-refractivity contribution in [3.63, 3.8) is 0 Å². The lowest BCUT2D eigenvalue weighted by Gasteiger charge is -2.26. The first kappa shape index (κ1) is 14.2. The maximum absolute atomic E-state index is 12.1. The van der Waals surface area contributed by atoms with Gasteiger partial charge in [0.2, 0.25) is 0 Å². The van der Waals surface area contributed by atoms with E-state index in [4.69, 9.17) is 5.73 Å². The number of nitrogens with two attached hydrogens (primary N) is 1. The number of nitrogen functional groups attached to an aromatic ring is 1. The van der Waals surface area contributed by atoms with Crippen LogP contribution in [-0.2, 0) is 0 Å². The fourth-order valence-corrected chi connectivity index (χ4v) is 3.13. The van der Waals surface area contributed by atoms with Crippen LogP contribution in [0.15, 0.2) is 18.2 Å². The molecule has 1 aromatic carbocycles. The van der Waals surface area contributed by atoms with Crippen molar-refractivity contribution in [2.75, 3.05) is 43.4 Å². The Balaban J connectivity index is 1.82. The molecule has 0 unspecified atom stereocenters. The van der Waals surface area contributed by atoms with E-state index in [0.717, 1.165) is 25.2 Å². The zero-order valence-corrected chi connectivity index (χ0v) is 12.1. The third kappa shape index (κ3) is 3.88. The van der Waals surface area contributed by atoms with Crippen molar-refractivity contribution in [2.45, 2.75) is 6.92 Å². The maximum atomic E-state index is 12.1. The molecule has 0 bridgehead atoms. The van der Waals surface area contributed by atoms with E-state index in [1.807, 2.05) is 36.9 Å². The molecule has 0 radical (unpaired) electrons. The summed E-state index contributed by atoms with van der Waals surface area (Å²) in [6, 6.07) is 5.45. The molecule has 4 nitrogen and oxygen atoms in total. The van der Waals surface area contributed by atoms with E-state index in [1.54, 1.807) is 0 Å². The number of amides is 1. The Morgan fingerprint density at radius 2 is 2.16 bits per heavy atom. The summed E-state index contributed by atoms with van der Waals surface area (Å²) in [7, 11) is 0. The Bertz CT molecular complexity index is 444. The number of hydrogen-bond donors (Lipinski definition) is 2. The number of anilines is 1. The summed E-state index contributed by atoms with van der Waals surface area (Å²) in [5, 5.41) is 2.97. The molecular formula is C14H21N3OS. The van der Waals surface area contributed by atoms with Gasteiger partial charge in [-0.05, 0) is 24.6 Å². The average molecular weight is 279 g/mol. The Hall–Kier alpha value is -1.20. The molecule has 5 heteroatoms. The van der Waals surface area contributed by atoms with Gasteiger partial charge in [0.05, 0.1) is 0 Å². The van der Waals surface area contributed by atoms with E-state index in [2.05, 4.69) is 10.2 Å². The summed E-state index contributed by atoms with van der Waals surface area (Å²) in [6.45, 7) is 5.74. The quantitative estimate of drug-likeness (QED) is 0.817. The molecule has 2 rings (SSSR count). The van der Waals surface area contributed by atoms with Crippen LogP contribution in [0, 0.1) is 6.92 Å². The number of benzene rings is 1. The molecule has 3 N–H and O–H groups in total. The molecule has 0 aromatic heterocycles. The predicted molar refractivity (Wildman–Crippen MR) is 81.7 cm³/mol. The van der Waals surface area contributed by atoms with Gasteiger partial charge < -0.3 is 11.1 Å². The number of nitrogens with one attached hydrogen (secondary N) is 1. The lowest BCUT2D eigenvalue weighted by Crippen LogP contribution is -2.39. The summed E-state index contributed by atoms with van der Waals surface area (Å²) in [6.07, 6.45) is 0. The molecule has 1 heterocycles. The summed E-state index contributed by atoms with van der Waals surface area (Å²) in [4.78, 5) is 14.5. The summed E-state index contributed by atoms with van der Waals surface area (Å²) in [5.74, 6) is 2.36. The van der Waals surface area contributed by atoms with Crippen LogP contribution in [0.3, 0.4) is 0 Å². The van der Waals surface area contributed by atoms with E-state index in [1.165, 1.54) is 11.5 Å². The van der Waals surface area contributed by atoms with E-state index in [9.17, 15) is 4.79 Å². The van der Waals surface area contributed by atoms with Crippen molar-refractivity contribution < 1.29 is 4.79 Å². The lowest BCUT2D eigenvalue weighted by atomic mass is 10.1. The molecule has 104 valence electrons. The molecule has 0 aliphatic carbocycles. The van der Waals surface area contributed by atoms with Crippen LogP contribution >= 0.6 is 11.8 Å². The summed E-state index contributed by atoms with van der Waals surface area (Å²) in [5.41, 5.74) is 8.01. The first-order valence-corrected chi connectivity index (χ1v) is 7.77. The molecule has 19 heavy (non-hydrogen) atoms. The van der Waals surface area contributed by atoms with Gasteiger partial charge in [-0.2, -0.15) is 11.8 Å². The normalized spacial score (nSPS) is 16.3. The number of nitrogens with zero attached hydrogens (tertiary/aromatic N) is 1. The van der Waals surface area contributed by atoms with Gasteiger partial charge >= 0.3 is 0 Å². The minimum absolute atomic E-state index is 0.0313. The number of carbonyl (C=O) groups is 1. The van der Waals surface area contributed by atoms with Gasteiger partial charge in [0.15, 0.2) is 0 Å². The second-order valence-corrected chi connectivity index (χ2v) is 5.95. The number of hydrogen-bond acceptors (Lipinski definition) is 4. The zero-order valence-electron chi connectivity index (χ0n) is 11.3. The van der Waals surface area contributed by atoms with E-state index >= 15 is 0 Å². The highest BCUT2D eigenvalue weighted by atomic mass is 32.2. The van der Waals surface area contributed by atoms with E-state index in [0.29, 0.717) is 17.8 Å². The third-order valence-electron chi connectivity index (χ3n) is 3.44. The van der Waals surface area contributed by atoms with Crippen LogP contribution in [0.1, 0.15) is 15.9 Å². The topological polar surface area (TPSA) is 58.4 Å². The highest BCUT2D eigenvalue weighted by molar-refractivity contribution is 7.99. The Kier molecular flexibility index (Phi) is 5.10. The van der Waals surface area contributed by atoms with E-state index in [-0.39, 0.29) is 5.91 Å². The first-order chi connectivity index (χ1) is 9.18. The minimum Gasteiger partial charge on any atom is -0.398 e. The van der Waals surface area contributed by atoms with Gasteiger partial charge in [-0.25, -0.2) is 0 Å². The molecule has 1 aliphatic rings.